The predicted molar refractivity (Wildman–Crippen MR) is 90.7 cm³/mol. The highest BCUT2D eigenvalue weighted by atomic mass is 35.5. The van der Waals surface area contributed by atoms with Crippen LogP contribution in [0.4, 0.5) is 0 Å². The highest BCUT2D eigenvalue weighted by Crippen LogP contribution is 2.32. The number of nitrogens with one attached hydrogen (secondary N) is 2. The zero-order chi connectivity index (χ0) is 16.8. The number of pyridine rings is 1. The van der Waals surface area contributed by atoms with Crippen LogP contribution in [0.15, 0.2) is 36.7 Å². The van der Waals surface area contributed by atoms with E-state index in [-0.39, 0.29) is 11.9 Å². The maximum Gasteiger partial charge on any atom is 0.259 e. The fraction of sp³-hybridized carbons (Fsp3) is 0.188. The summed E-state index contributed by atoms with van der Waals surface area (Å²) in [6.45, 7) is 1.74. The number of hydrogen-bond donors (Lipinski definition) is 2. The van der Waals surface area contributed by atoms with Gasteiger partial charge in [-0.1, -0.05) is 23.2 Å². The van der Waals surface area contributed by atoms with Crippen LogP contribution < -0.4 is 5.32 Å². The Bertz CT molecular complexity index is 803. The number of hydrogen-bond acceptors (Lipinski definition) is 3. The fourth-order valence-corrected chi connectivity index (χ4v) is 3.12. The second-order valence-electron chi connectivity index (χ2n) is 5.58. The van der Waals surface area contributed by atoms with Gasteiger partial charge in [-0.3, -0.25) is 20.1 Å². The van der Waals surface area contributed by atoms with E-state index in [2.05, 4.69) is 10.3 Å². The molecule has 0 spiro atoms. The van der Waals surface area contributed by atoms with Crippen molar-refractivity contribution in [2.75, 3.05) is 7.05 Å². The maximum atomic E-state index is 12.4. The van der Waals surface area contributed by atoms with Crippen LogP contribution in [0.1, 0.15) is 12.5 Å². The quantitative estimate of drug-likeness (QED) is 0.874. The number of amides is 1. The lowest BCUT2D eigenvalue weighted by Crippen LogP contribution is -2.40. The van der Waals surface area contributed by atoms with Gasteiger partial charge in [0.15, 0.2) is 5.96 Å². The molecule has 1 saturated heterocycles. The Kier molecular flexibility index (Phi) is 3.78. The Hall–Kier alpha value is -2.11. The molecule has 118 valence electrons. The van der Waals surface area contributed by atoms with Crippen LogP contribution in [0.2, 0.25) is 10.0 Å². The Balaban J connectivity index is 2.07. The van der Waals surface area contributed by atoms with E-state index in [0.29, 0.717) is 15.6 Å². The molecule has 2 heterocycles. The summed E-state index contributed by atoms with van der Waals surface area (Å²) >= 11 is 12.1. The molecule has 23 heavy (non-hydrogen) atoms. The van der Waals surface area contributed by atoms with E-state index < -0.39 is 5.54 Å². The first-order valence-corrected chi connectivity index (χ1v) is 7.64. The molecular weight excluding hydrogens is 335 g/mol. The molecule has 1 atom stereocenters. The summed E-state index contributed by atoms with van der Waals surface area (Å²) in [4.78, 5) is 18.0. The van der Waals surface area contributed by atoms with E-state index in [4.69, 9.17) is 28.6 Å². The number of benzene rings is 1. The number of aromatic nitrogens is 1. The zero-order valence-corrected chi connectivity index (χ0v) is 14.0. The van der Waals surface area contributed by atoms with Crippen molar-refractivity contribution in [1.82, 2.24) is 15.2 Å². The molecule has 7 heteroatoms. The van der Waals surface area contributed by atoms with Crippen molar-refractivity contribution in [1.29, 1.82) is 5.41 Å². The summed E-state index contributed by atoms with van der Waals surface area (Å²) in [5, 5.41) is 11.8. The van der Waals surface area contributed by atoms with E-state index in [0.717, 1.165) is 11.1 Å². The van der Waals surface area contributed by atoms with Gasteiger partial charge >= 0.3 is 0 Å². The minimum atomic E-state index is -1.02. The summed E-state index contributed by atoms with van der Waals surface area (Å²) in [5.41, 5.74) is 1.26. The molecule has 1 amide bonds. The van der Waals surface area contributed by atoms with Crippen molar-refractivity contribution in [2.24, 2.45) is 0 Å². The van der Waals surface area contributed by atoms with Crippen LogP contribution in [0, 0.1) is 5.41 Å². The molecule has 5 nitrogen and oxygen atoms in total. The molecule has 0 aliphatic carbocycles. The van der Waals surface area contributed by atoms with Gasteiger partial charge in [-0.2, -0.15) is 0 Å². The van der Waals surface area contributed by atoms with Gasteiger partial charge in [0.1, 0.15) is 5.54 Å². The summed E-state index contributed by atoms with van der Waals surface area (Å²) in [6, 6.07) is 7.08. The van der Waals surface area contributed by atoms with Gasteiger partial charge in [0, 0.05) is 40.6 Å². The lowest BCUT2D eigenvalue weighted by molar-refractivity contribution is -0.129. The number of carbonyl (C=O) groups excluding carboxylic acids is 1. The Labute approximate surface area is 143 Å². The van der Waals surface area contributed by atoms with Crippen LogP contribution in [-0.2, 0) is 10.3 Å². The lowest BCUT2D eigenvalue weighted by Gasteiger charge is -2.22. The summed E-state index contributed by atoms with van der Waals surface area (Å²) in [6.07, 6.45) is 3.30. The van der Waals surface area contributed by atoms with Gasteiger partial charge < -0.3 is 5.32 Å². The molecule has 1 aliphatic rings. The first kappa shape index (κ1) is 15.8. The van der Waals surface area contributed by atoms with E-state index in [1.165, 1.54) is 4.90 Å². The van der Waals surface area contributed by atoms with Gasteiger partial charge in [-0.25, -0.2) is 0 Å². The molecule has 1 aromatic carbocycles. The normalized spacial score (nSPS) is 20.8. The first-order chi connectivity index (χ1) is 10.8. The van der Waals surface area contributed by atoms with Gasteiger partial charge in [0.05, 0.1) is 0 Å². The Morgan fingerprint density at radius 1 is 1.13 bits per heavy atom. The molecule has 0 radical (unpaired) electrons. The van der Waals surface area contributed by atoms with Crippen LogP contribution in [0.25, 0.3) is 11.1 Å². The van der Waals surface area contributed by atoms with Crippen molar-refractivity contribution >= 4 is 35.1 Å². The number of carbonyl (C=O) groups is 1. The van der Waals surface area contributed by atoms with Crippen molar-refractivity contribution in [2.45, 2.75) is 12.5 Å². The van der Waals surface area contributed by atoms with E-state index in [1.807, 2.05) is 6.07 Å². The van der Waals surface area contributed by atoms with Crippen LogP contribution in [0.3, 0.4) is 0 Å². The summed E-state index contributed by atoms with van der Waals surface area (Å²) < 4.78 is 0. The molecule has 2 aromatic rings. The molecule has 0 bridgehead atoms. The first-order valence-electron chi connectivity index (χ1n) is 6.88. The third-order valence-corrected chi connectivity index (χ3v) is 4.38. The average Bonchev–Trinajstić information content (AvgIpc) is 2.71. The SMILES string of the molecule is CN1C(=N)NC(C)(c2cncc(-c3cc(Cl)cc(Cl)c3)c2)C1=O. The minimum absolute atomic E-state index is 0.0636. The Morgan fingerprint density at radius 2 is 1.78 bits per heavy atom. The maximum absolute atomic E-state index is 12.4. The van der Waals surface area contributed by atoms with Crippen LogP contribution in [-0.4, -0.2) is 28.8 Å². The largest absolute Gasteiger partial charge is 0.338 e. The summed E-state index contributed by atoms with van der Waals surface area (Å²) in [5.74, 6) is -0.140. The molecular formula is C16H14Cl2N4O. The molecule has 2 N–H and O–H groups in total. The predicted octanol–water partition coefficient (Wildman–Crippen LogP) is 3.27. The van der Waals surface area contributed by atoms with E-state index in [9.17, 15) is 4.79 Å². The zero-order valence-electron chi connectivity index (χ0n) is 12.5. The molecule has 1 aromatic heterocycles. The fourth-order valence-electron chi connectivity index (χ4n) is 2.60. The smallest absolute Gasteiger partial charge is 0.259 e. The number of rotatable bonds is 2. The van der Waals surface area contributed by atoms with Gasteiger partial charge in [-0.15, -0.1) is 0 Å². The second kappa shape index (κ2) is 5.51. The highest BCUT2D eigenvalue weighted by molar-refractivity contribution is 6.35. The standard InChI is InChI=1S/C16H14Cl2N4O/c1-16(14(23)22(2)15(19)21-16)11-3-10(7-20-8-11)9-4-12(17)6-13(18)5-9/h3-8H,1-2H3,(H2,19,21). The van der Waals surface area contributed by atoms with E-state index in [1.54, 1.807) is 44.6 Å². The van der Waals surface area contributed by atoms with Crippen molar-refractivity contribution in [3.8, 4) is 11.1 Å². The molecule has 1 fully saturated rings. The monoisotopic (exact) mass is 348 g/mol. The molecule has 3 rings (SSSR count). The van der Waals surface area contributed by atoms with Crippen molar-refractivity contribution < 1.29 is 4.79 Å². The van der Waals surface area contributed by atoms with Crippen LogP contribution in [0.5, 0.6) is 0 Å². The second-order valence-corrected chi connectivity index (χ2v) is 6.46. The topological polar surface area (TPSA) is 69.1 Å². The van der Waals surface area contributed by atoms with E-state index >= 15 is 0 Å². The molecule has 1 aliphatic heterocycles. The van der Waals surface area contributed by atoms with Crippen molar-refractivity contribution in [3.63, 3.8) is 0 Å². The third-order valence-electron chi connectivity index (χ3n) is 3.95. The van der Waals surface area contributed by atoms with Gasteiger partial charge in [0.25, 0.3) is 5.91 Å². The number of halogens is 2. The minimum Gasteiger partial charge on any atom is -0.338 e. The molecule has 0 saturated carbocycles. The number of nitrogens with zero attached hydrogens (tertiary/aromatic N) is 2. The number of likely N-dealkylation sites (N-methyl/N-ethyl adjacent to an activating group) is 1. The lowest BCUT2D eigenvalue weighted by atomic mass is 9.91. The Morgan fingerprint density at radius 3 is 2.35 bits per heavy atom. The molecule has 1 unspecified atom stereocenters. The highest BCUT2D eigenvalue weighted by Gasteiger charge is 2.45. The van der Waals surface area contributed by atoms with Crippen molar-refractivity contribution in [3.05, 3.63) is 52.3 Å². The summed E-state index contributed by atoms with van der Waals surface area (Å²) in [7, 11) is 1.57. The van der Waals surface area contributed by atoms with Gasteiger partial charge in [0.2, 0.25) is 0 Å². The third kappa shape index (κ3) is 2.66. The number of guanidine groups is 1. The van der Waals surface area contributed by atoms with Gasteiger partial charge in [-0.05, 0) is 36.8 Å². The van der Waals surface area contributed by atoms with Crippen LogP contribution >= 0.6 is 23.2 Å². The average molecular weight is 349 g/mol.